The third-order valence-electron chi connectivity index (χ3n) is 18.5. The molecule has 17 heteroatoms. The summed E-state index contributed by atoms with van der Waals surface area (Å²) in [4.78, 5) is 0. The molecule has 11 N–H and O–H groups in total. The highest BCUT2D eigenvalue weighted by molar-refractivity contribution is 5.30. The van der Waals surface area contributed by atoms with E-state index >= 15 is 0 Å². The van der Waals surface area contributed by atoms with E-state index in [4.69, 9.17) is 28.4 Å². The average molecular weight is 931 g/mol. The normalized spacial score (nSPS) is 49.9. The van der Waals surface area contributed by atoms with Gasteiger partial charge in [0.2, 0.25) is 0 Å². The van der Waals surface area contributed by atoms with E-state index < -0.39 is 118 Å². The molecule has 0 amide bonds. The smallest absolute Gasteiger partial charge is 0.187 e. The lowest BCUT2D eigenvalue weighted by molar-refractivity contribution is -0.378. The molecular formula is C48H82O17. The molecule has 6 fully saturated rings. The van der Waals surface area contributed by atoms with Crippen LogP contribution in [0.1, 0.15) is 120 Å². The zero-order valence-electron chi connectivity index (χ0n) is 39.7. The van der Waals surface area contributed by atoms with Crippen molar-refractivity contribution in [3.8, 4) is 0 Å². The van der Waals surface area contributed by atoms with Crippen LogP contribution in [0.15, 0.2) is 11.6 Å². The monoisotopic (exact) mass is 931 g/mol. The second-order valence-electron chi connectivity index (χ2n) is 22.9. The zero-order chi connectivity index (χ0) is 47.8. The summed E-state index contributed by atoms with van der Waals surface area (Å²) in [5.41, 5.74) is 0.0695. The summed E-state index contributed by atoms with van der Waals surface area (Å²) in [7, 11) is 0. The zero-order valence-corrected chi connectivity index (χ0v) is 39.7. The van der Waals surface area contributed by atoms with Gasteiger partial charge in [0.1, 0.15) is 61.0 Å². The molecule has 0 aromatic heterocycles. The summed E-state index contributed by atoms with van der Waals surface area (Å²) in [5.74, 6) is 1.60. The van der Waals surface area contributed by atoms with E-state index in [0.717, 1.165) is 44.9 Å². The van der Waals surface area contributed by atoms with Gasteiger partial charge < -0.3 is 84.6 Å². The fourth-order valence-electron chi connectivity index (χ4n) is 14.0. The largest absolute Gasteiger partial charge is 0.394 e. The van der Waals surface area contributed by atoms with Crippen LogP contribution in [0.25, 0.3) is 0 Å². The van der Waals surface area contributed by atoms with Gasteiger partial charge in [-0.15, -0.1) is 0 Å². The Kier molecular flexibility index (Phi) is 15.4. The molecule has 3 heterocycles. The molecule has 376 valence electrons. The second kappa shape index (κ2) is 19.3. The molecule has 8 unspecified atom stereocenters. The molecular weight excluding hydrogens is 849 g/mol. The molecule has 3 aliphatic heterocycles. The molecule has 3 saturated heterocycles. The van der Waals surface area contributed by atoms with Crippen LogP contribution >= 0.6 is 0 Å². The van der Waals surface area contributed by atoms with Gasteiger partial charge in [0.25, 0.3) is 0 Å². The van der Waals surface area contributed by atoms with Crippen molar-refractivity contribution in [2.45, 2.75) is 223 Å². The van der Waals surface area contributed by atoms with E-state index in [1.807, 2.05) is 0 Å². The van der Waals surface area contributed by atoms with Gasteiger partial charge in [0, 0.05) is 11.8 Å². The Morgan fingerprint density at radius 1 is 0.723 bits per heavy atom. The predicted octanol–water partition coefficient (Wildman–Crippen LogP) is 1.00. The molecule has 0 radical (unpaired) electrons. The van der Waals surface area contributed by atoms with E-state index in [9.17, 15) is 56.2 Å². The third kappa shape index (κ3) is 9.29. The molecule has 0 aromatic carbocycles. The highest BCUT2D eigenvalue weighted by atomic mass is 16.8. The highest BCUT2D eigenvalue weighted by Gasteiger charge is 2.67. The Morgan fingerprint density at radius 3 is 2.03 bits per heavy atom. The third-order valence-corrected chi connectivity index (χ3v) is 18.5. The fourth-order valence-corrected chi connectivity index (χ4v) is 14.0. The van der Waals surface area contributed by atoms with Crippen LogP contribution in [-0.2, 0) is 28.4 Å². The van der Waals surface area contributed by atoms with Crippen molar-refractivity contribution in [3.63, 3.8) is 0 Å². The topological polar surface area (TPSA) is 278 Å². The number of aliphatic hydroxyl groups excluding tert-OH is 10. The molecule has 0 aromatic rings. The number of aliphatic hydroxyl groups is 11. The second-order valence-corrected chi connectivity index (χ2v) is 22.9. The number of allylic oxidation sites excluding steroid dienone is 1. The lowest BCUT2D eigenvalue weighted by Gasteiger charge is -2.66. The SMILES string of the molecule is CC(CCC(O[C@@H]1O[C@H](CO[C@H]2C[C@@H](O)[C@H](O)[C@@H](CO)O2)[C@@H](O)[C@H](O)[C@H]1O[C@@H]1O[C@H](CO)[C@@H](O)[C@H](O)[C@H]1O)C(C)(C)O)C1CCC2(C)C3CC=C4C(CC[C@H](O)C4(C)C)C3(C)CCC12C. The van der Waals surface area contributed by atoms with Crippen molar-refractivity contribution in [3.05, 3.63) is 11.6 Å². The number of rotatable bonds is 14. The van der Waals surface area contributed by atoms with Crippen LogP contribution in [-0.4, -0.2) is 180 Å². The first-order chi connectivity index (χ1) is 30.3. The van der Waals surface area contributed by atoms with Crippen molar-refractivity contribution in [2.75, 3.05) is 19.8 Å². The van der Waals surface area contributed by atoms with Crippen molar-refractivity contribution >= 4 is 0 Å². The van der Waals surface area contributed by atoms with Gasteiger partial charge >= 0.3 is 0 Å². The minimum absolute atomic E-state index is 0.0639. The van der Waals surface area contributed by atoms with E-state index in [2.05, 4.69) is 47.6 Å². The van der Waals surface area contributed by atoms with Gasteiger partial charge in [-0.3, -0.25) is 0 Å². The highest BCUT2D eigenvalue weighted by Crippen LogP contribution is 2.75. The molecule has 23 atom stereocenters. The molecule has 17 nitrogen and oxygen atoms in total. The Balaban J connectivity index is 1.08. The number of hydrogen-bond donors (Lipinski definition) is 11. The first-order valence-corrected chi connectivity index (χ1v) is 24.3. The molecule has 3 saturated carbocycles. The van der Waals surface area contributed by atoms with Crippen LogP contribution < -0.4 is 0 Å². The summed E-state index contributed by atoms with van der Waals surface area (Å²) in [5, 5.41) is 118. The Bertz CT molecular complexity index is 1640. The van der Waals surface area contributed by atoms with E-state index in [0.29, 0.717) is 30.6 Å². The van der Waals surface area contributed by atoms with Crippen molar-refractivity contribution < 1.29 is 84.6 Å². The molecule has 4 aliphatic carbocycles. The Hall–Kier alpha value is -0.940. The first kappa shape index (κ1) is 51.9. The molecule has 7 aliphatic rings. The maximum Gasteiger partial charge on any atom is 0.187 e. The maximum atomic E-state index is 11.7. The molecule has 0 bridgehead atoms. The van der Waals surface area contributed by atoms with Crippen LogP contribution in [0.4, 0.5) is 0 Å². The van der Waals surface area contributed by atoms with E-state index in [1.54, 1.807) is 13.8 Å². The summed E-state index contributed by atoms with van der Waals surface area (Å²) < 4.78 is 35.9. The molecule has 0 spiro atoms. The number of hydrogen-bond acceptors (Lipinski definition) is 17. The minimum atomic E-state index is -1.85. The minimum Gasteiger partial charge on any atom is -0.394 e. The lowest BCUT2D eigenvalue weighted by atomic mass is 9.39. The number of fused-ring (bicyclic) bond motifs is 5. The lowest BCUT2D eigenvalue weighted by Crippen LogP contribution is -2.65. The van der Waals surface area contributed by atoms with Crippen LogP contribution in [0, 0.1) is 45.3 Å². The first-order valence-electron chi connectivity index (χ1n) is 24.3. The van der Waals surface area contributed by atoms with Crippen LogP contribution in [0.2, 0.25) is 0 Å². The standard InChI is InChI=1S/C48H82O17/c1-23(24-15-16-48(8)31-12-10-25-26(11-13-32(52)44(25,2)3)46(31,6)17-18-47(24,48)7)9-14-33(45(4,5)59)64-43-41(65-42-40(58)38(56)36(54)29(21-50)62-42)39(57)37(55)30(63-43)22-60-34-19-27(51)35(53)28(20-49)61-34/h10,23-24,26-43,49-59H,9,11-22H2,1-8H3/t23?,24?,26?,27-,28-,29-,30-,31?,32+,33?,34-,35+,36-,37-,38+,39+,40-,41-,42+,43+,46?,47?,48?/m1/s1. The number of ether oxygens (including phenoxy) is 6. The summed E-state index contributed by atoms with van der Waals surface area (Å²) in [6.45, 7) is 15.7. The van der Waals surface area contributed by atoms with Crippen molar-refractivity contribution in [2.24, 2.45) is 45.3 Å². The van der Waals surface area contributed by atoms with Gasteiger partial charge in [-0.25, -0.2) is 0 Å². The van der Waals surface area contributed by atoms with Gasteiger partial charge in [-0.1, -0.05) is 53.2 Å². The van der Waals surface area contributed by atoms with Crippen LogP contribution in [0.5, 0.6) is 0 Å². The maximum absolute atomic E-state index is 11.7. The molecule has 65 heavy (non-hydrogen) atoms. The quantitative estimate of drug-likeness (QED) is 0.108. The summed E-state index contributed by atoms with van der Waals surface area (Å²) in [6, 6.07) is 0. The van der Waals surface area contributed by atoms with E-state index in [1.165, 1.54) is 5.57 Å². The summed E-state index contributed by atoms with van der Waals surface area (Å²) >= 11 is 0. The van der Waals surface area contributed by atoms with Crippen molar-refractivity contribution in [1.29, 1.82) is 0 Å². The van der Waals surface area contributed by atoms with Gasteiger partial charge in [0.15, 0.2) is 18.9 Å². The van der Waals surface area contributed by atoms with Crippen molar-refractivity contribution in [1.82, 2.24) is 0 Å². The molecule has 7 rings (SSSR count). The van der Waals surface area contributed by atoms with Gasteiger partial charge in [-0.2, -0.15) is 0 Å². The Morgan fingerprint density at radius 2 is 1.37 bits per heavy atom. The van der Waals surface area contributed by atoms with E-state index in [-0.39, 0.29) is 40.1 Å². The fraction of sp³-hybridized carbons (Fsp3) is 0.958. The van der Waals surface area contributed by atoms with Gasteiger partial charge in [0.05, 0.1) is 43.7 Å². The van der Waals surface area contributed by atoms with Crippen LogP contribution in [0.3, 0.4) is 0 Å². The van der Waals surface area contributed by atoms with Gasteiger partial charge in [-0.05, 0) is 112 Å². The predicted molar refractivity (Wildman–Crippen MR) is 232 cm³/mol. The Labute approximate surface area is 384 Å². The average Bonchev–Trinajstić information content (AvgIpc) is 3.53. The summed E-state index contributed by atoms with van der Waals surface area (Å²) in [6.07, 6.45) is -11.8.